The minimum atomic E-state index is 0.00105. The highest BCUT2D eigenvalue weighted by atomic mass is 16.5. The molecule has 0 radical (unpaired) electrons. The van der Waals surface area contributed by atoms with Crippen molar-refractivity contribution in [1.82, 2.24) is 0 Å². The van der Waals surface area contributed by atoms with Gasteiger partial charge in [-0.3, -0.25) is 4.79 Å². The summed E-state index contributed by atoms with van der Waals surface area (Å²) in [4.78, 5) is 12.2. The van der Waals surface area contributed by atoms with Crippen LogP contribution in [0.2, 0.25) is 0 Å². The van der Waals surface area contributed by atoms with E-state index in [0.717, 1.165) is 24.2 Å². The lowest BCUT2D eigenvalue weighted by Crippen LogP contribution is -2.54. The predicted octanol–water partition coefficient (Wildman–Crippen LogP) is 7.88. The van der Waals surface area contributed by atoms with Gasteiger partial charge in [0.15, 0.2) is 0 Å². The number of hydrogen-bond acceptors (Lipinski definition) is 2. The van der Waals surface area contributed by atoms with E-state index in [1.807, 2.05) is 0 Å². The molecule has 0 N–H and O–H groups in total. The van der Waals surface area contributed by atoms with E-state index < -0.39 is 0 Å². The van der Waals surface area contributed by atoms with Crippen molar-refractivity contribution in [2.45, 2.75) is 105 Å². The minimum absolute atomic E-state index is 0.00105. The third-order valence-corrected chi connectivity index (χ3v) is 12.1. The number of carbonyl (C=O) groups excluding carboxylic acids is 1. The second-order valence-electron chi connectivity index (χ2n) is 13.3. The molecule has 5 rings (SSSR count). The Bertz CT molecular complexity index is 836. The van der Waals surface area contributed by atoms with Gasteiger partial charge in [-0.25, -0.2) is 0 Å². The summed E-state index contributed by atoms with van der Waals surface area (Å²) in [6.07, 6.45) is 16.3. The molecule has 2 nitrogen and oxygen atoms in total. The molecule has 1 saturated heterocycles. The number of rotatable bonds is 4. The van der Waals surface area contributed by atoms with Crippen LogP contribution in [0, 0.1) is 45.3 Å². The molecule has 178 valence electrons. The van der Waals surface area contributed by atoms with E-state index in [4.69, 9.17) is 4.74 Å². The zero-order valence-electron chi connectivity index (χ0n) is 21.4. The quantitative estimate of drug-likeness (QED) is 0.329. The fraction of sp³-hybridized carbons (Fsp3) is 0.833. The van der Waals surface area contributed by atoms with Gasteiger partial charge in [-0.1, -0.05) is 39.0 Å². The molecule has 0 unspecified atom stereocenters. The Morgan fingerprint density at radius 1 is 1.09 bits per heavy atom. The lowest BCUT2D eigenvalue weighted by atomic mass is 9.43. The van der Waals surface area contributed by atoms with E-state index in [-0.39, 0.29) is 5.97 Å². The smallest absolute Gasteiger partial charge is 0.306 e. The molecule has 1 aliphatic heterocycles. The highest BCUT2D eigenvalue weighted by Gasteiger charge is 2.80. The Balaban J connectivity index is 1.41. The van der Waals surface area contributed by atoms with Crippen LogP contribution >= 0.6 is 0 Å². The first kappa shape index (κ1) is 22.7. The van der Waals surface area contributed by atoms with Crippen molar-refractivity contribution in [3.05, 3.63) is 23.8 Å². The summed E-state index contributed by atoms with van der Waals surface area (Å²) >= 11 is 0. The van der Waals surface area contributed by atoms with Gasteiger partial charge in [0.05, 0.1) is 0 Å². The monoisotopic (exact) mass is 438 g/mol. The Kier molecular flexibility index (Phi) is 5.31. The molecule has 32 heavy (non-hydrogen) atoms. The molecule has 0 amide bonds. The zero-order chi connectivity index (χ0) is 22.9. The van der Waals surface area contributed by atoms with Gasteiger partial charge < -0.3 is 4.74 Å². The van der Waals surface area contributed by atoms with Gasteiger partial charge in [0.2, 0.25) is 0 Å². The van der Waals surface area contributed by atoms with Crippen LogP contribution in [0.25, 0.3) is 0 Å². The van der Waals surface area contributed by atoms with Crippen molar-refractivity contribution in [1.29, 1.82) is 0 Å². The topological polar surface area (TPSA) is 26.3 Å². The van der Waals surface area contributed by atoms with E-state index in [0.29, 0.717) is 40.6 Å². The van der Waals surface area contributed by atoms with Crippen LogP contribution in [-0.2, 0) is 9.53 Å². The predicted molar refractivity (Wildman–Crippen MR) is 131 cm³/mol. The van der Waals surface area contributed by atoms with E-state index in [1.165, 1.54) is 68.9 Å². The Morgan fingerprint density at radius 2 is 1.88 bits per heavy atom. The first-order valence-electron chi connectivity index (χ1n) is 13.6. The summed E-state index contributed by atoms with van der Waals surface area (Å²) in [6.45, 7) is 17.3. The van der Waals surface area contributed by atoms with Crippen molar-refractivity contribution in [2.24, 2.45) is 45.3 Å². The van der Waals surface area contributed by atoms with Crippen molar-refractivity contribution in [3.63, 3.8) is 0 Å². The van der Waals surface area contributed by atoms with Crippen LogP contribution in [0.1, 0.15) is 105 Å². The van der Waals surface area contributed by atoms with Gasteiger partial charge >= 0.3 is 5.97 Å². The number of fused-ring (bicyclic) bond motifs is 2. The van der Waals surface area contributed by atoms with Crippen molar-refractivity contribution in [2.75, 3.05) is 6.61 Å². The molecule has 5 fully saturated rings. The number of allylic oxidation sites excluding steroid dienone is 2. The third-order valence-electron chi connectivity index (χ3n) is 12.1. The molecule has 0 bridgehead atoms. The first-order chi connectivity index (χ1) is 15.1. The second-order valence-corrected chi connectivity index (χ2v) is 13.3. The number of esters is 1. The average molecular weight is 439 g/mol. The Morgan fingerprint density at radius 3 is 2.62 bits per heavy atom. The molecule has 4 aliphatic carbocycles. The first-order valence-corrected chi connectivity index (χ1v) is 13.6. The van der Waals surface area contributed by atoms with Gasteiger partial charge in [-0.2, -0.15) is 0 Å². The van der Waals surface area contributed by atoms with Crippen LogP contribution < -0.4 is 0 Å². The molecular weight excluding hydrogens is 392 g/mol. The fourth-order valence-corrected chi connectivity index (χ4v) is 10.3. The van der Waals surface area contributed by atoms with Gasteiger partial charge in [-0.15, -0.1) is 0 Å². The highest BCUT2D eigenvalue weighted by Crippen LogP contribution is 2.87. The van der Waals surface area contributed by atoms with E-state index in [1.54, 1.807) is 0 Å². The van der Waals surface area contributed by atoms with E-state index >= 15 is 0 Å². The van der Waals surface area contributed by atoms with Gasteiger partial charge in [-0.05, 0) is 129 Å². The zero-order valence-corrected chi connectivity index (χ0v) is 21.4. The van der Waals surface area contributed by atoms with Crippen LogP contribution in [0.5, 0.6) is 0 Å². The molecule has 0 aromatic heterocycles. The SMILES string of the molecule is C=C1COC(=O)CC[C@]23C[C@]24CC[C@]2(C)[C@@H]([C@H](C)CCC=C(C)C)CC[C@@]2(C)[C@@H]4CC[C@@H]13. The summed E-state index contributed by atoms with van der Waals surface area (Å²) in [5.41, 5.74) is 4.43. The van der Waals surface area contributed by atoms with Gasteiger partial charge in [0, 0.05) is 6.42 Å². The number of carbonyl (C=O) groups is 1. The summed E-state index contributed by atoms with van der Waals surface area (Å²) in [7, 11) is 0. The summed E-state index contributed by atoms with van der Waals surface area (Å²) < 4.78 is 5.49. The van der Waals surface area contributed by atoms with Crippen LogP contribution in [0.15, 0.2) is 23.8 Å². The third kappa shape index (κ3) is 2.92. The molecule has 2 spiro atoms. The Labute approximate surface area is 196 Å². The number of hydrogen-bond donors (Lipinski definition) is 0. The molecule has 0 aromatic carbocycles. The maximum absolute atomic E-state index is 12.2. The molecule has 0 aromatic rings. The lowest BCUT2D eigenvalue weighted by molar-refractivity contribution is -0.147. The largest absolute Gasteiger partial charge is 0.461 e. The minimum Gasteiger partial charge on any atom is -0.461 e. The van der Waals surface area contributed by atoms with Crippen molar-refractivity contribution < 1.29 is 9.53 Å². The van der Waals surface area contributed by atoms with E-state index in [9.17, 15) is 4.79 Å². The molecule has 5 aliphatic rings. The van der Waals surface area contributed by atoms with Crippen LogP contribution in [-0.4, -0.2) is 12.6 Å². The van der Waals surface area contributed by atoms with Crippen molar-refractivity contribution in [3.8, 4) is 0 Å². The molecule has 4 saturated carbocycles. The van der Waals surface area contributed by atoms with Crippen LogP contribution in [0.4, 0.5) is 0 Å². The second kappa shape index (κ2) is 7.47. The maximum atomic E-state index is 12.2. The summed E-state index contributed by atoms with van der Waals surface area (Å²) in [6, 6.07) is 0. The average Bonchev–Trinajstić information content (AvgIpc) is 3.33. The highest BCUT2D eigenvalue weighted by molar-refractivity contribution is 5.70. The van der Waals surface area contributed by atoms with Gasteiger partial charge in [0.1, 0.15) is 6.61 Å². The molecule has 2 heteroatoms. The fourth-order valence-electron chi connectivity index (χ4n) is 10.3. The standard InChI is InChI=1S/C30H46O2/c1-20(2)8-7-9-21(3)23-12-14-28(6)25-11-10-24-22(4)18-32-26(31)13-15-29(24)19-30(25,29)17-16-27(23,28)5/h8,21,23-25H,4,7,9-19H2,1-3,5-6H3/t21-,23-,24+,25+,27-,28+,29-,30+/m1/s1. The van der Waals surface area contributed by atoms with Gasteiger partial charge in [0.25, 0.3) is 0 Å². The van der Waals surface area contributed by atoms with Crippen molar-refractivity contribution >= 4 is 5.97 Å². The summed E-state index contributed by atoms with van der Waals surface area (Å²) in [5, 5.41) is 0. The Hall–Kier alpha value is -1.05. The lowest BCUT2D eigenvalue weighted by Gasteiger charge is -2.61. The normalized spacial score (nSPS) is 48.2. The molecule has 1 heterocycles. The molecule has 8 atom stereocenters. The maximum Gasteiger partial charge on any atom is 0.306 e. The van der Waals surface area contributed by atoms with Crippen LogP contribution in [0.3, 0.4) is 0 Å². The van der Waals surface area contributed by atoms with E-state index in [2.05, 4.69) is 47.3 Å². The molecular formula is C30H46O2. The number of ether oxygens (including phenoxy) is 1. The number of cyclic esters (lactones) is 1. The summed E-state index contributed by atoms with van der Waals surface area (Å²) in [5.74, 6) is 3.10.